The summed E-state index contributed by atoms with van der Waals surface area (Å²) >= 11 is 0. The third-order valence-corrected chi connectivity index (χ3v) is 4.15. The number of amides is 2. The Morgan fingerprint density at radius 1 is 1.32 bits per heavy atom. The fourth-order valence-corrected chi connectivity index (χ4v) is 2.77. The Morgan fingerprint density at radius 2 is 2.08 bits per heavy atom. The number of carbonyl (C=O) groups is 2. The topological polar surface area (TPSA) is 85.9 Å². The number of rotatable bonds is 5. The number of carbonyl (C=O) groups excluding carboxylic acids is 2. The second kappa shape index (κ2) is 7.04. The molecule has 7 nitrogen and oxygen atoms in total. The van der Waals surface area contributed by atoms with Gasteiger partial charge in [-0.2, -0.15) is 0 Å². The molecular weight excluding hydrogens is 324 g/mol. The van der Waals surface area contributed by atoms with Crippen LogP contribution in [0.3, 0.4) is 0 Å². The molecule has 0 bridgehead atoms. The van der Waals surface area contributed by atoms with Gasteiger partial charge in [-0.3, -0.25) is 0 Å². The molecule has 2 aliphatic heterocycles. The third-order valence-electron chi connectivity index (χ3n) is 4.15. The maximum absolute atomic E-state index is 12.6. The van der Waals surface area contributed by atoms with Gasteiger partial charge in [0.15, 0.2) is 11.5 Å². The van der Waals surface area contributed by atoms with Gasteiger partial charge in [0.2, 0.25) is 6.79 Å². The van der Waals surface area contributed by atoms with Crippen molar-refractivity contribution in [3.05, 3.63) is 35.0 Å². The van der Waals surface area contributed by atoms with Gasteiger partial charge in [-0.25, -0.2) is 9.59 Å². The molecule has 134 valence electrons. The molecule has 1 atom stereocenters. The van der Waals surface area contributed by atoms with E-state index in [1.54, 1.807) is 25.1 Å². The van der Waals surface area contributed by atoms with Crippen molar-refractivity contribution in [1.29, 1.82) is 0 Å². The highest BCUT2D eigenvalue weighted by atomic mass is 16.7. The van der Waals surface area contributed by atoms with Crippen molar-refractivity contribution in [1.82, 2.24) is 10.6 Å². The van der Waals surface area contributed by atoms with Crippen molar-refractivity contribution in [2.45, 2.75) is 33.2 Å². The standard InChI is InChI=1S/C18H22N2O5/c1-10(2)6-7-23-17(21)15-11(3)19-18(22)20-16(15)12-4-5-13-14(8-12)25-9-24-13/h4-5,8,10,16H,6-7,9H2,1-3H3,(H2,19,20,22)/t16-/m0/s1. The highest BCUT2D eigenvalue weighted by Gasteiger charge is 2.33. The molecular formula is C18H22N2O5. The largest absolute Gasteiger partial charge is 0.462 e. The van der Waals surface area contributed by atoms with Gasteiger partial charge in [0.25, 0.3) is 0 Å². The molecule has 7 heteroatoms. The fourth-order valence-electron chi connectivity index (χ4n) is 2.77. The normalized spacial score (nSPS) is 18.9. The summed E-state index contributed by atoms with van der Waals surface area (Å²) in [5.41, 5.74) is 1.61. The van der Waals surface area contributed by atoms with Crippen molar-refractivity contribution in [2.75, 3.05) is 13.4 Å². The lowest BCUT2D eigenvalue weighted by Crippen LogP contribution is -2.45. The Hall–Kier alpha value is -2.70. The summed E-state index contributed by atoms with van der Waals surface area (Å²) in [7, 11) is 0. The van der Waals surface area contributed by atoms with Crippen LogP contribution in [0.2, 0.25) is 0 Å². The smallest absolute Gasteiger partial charge is 0.338 e. The molecule has 25 heavy (non-hydrogen) atoms. The van der Waals surface area contributed by atoms with Crippen molar-refractivity contribution in [3.63, 3.8) is 0 Å². The number of hydrogen-bond acceptors (Lipinski definition) is 5. The second-order valence-corrected chi connectivity index (χ2v) is 6.50. The predicted molar refractivity (Wildman–Crippen MR) is 90.1 cm³/mol. The summed E-state index contributed by atoms with van der Waals surface area (Å²) in [6.45, 7) is 6.33. The molecule has 0 unspecified atom stereocenters. The van der Waals surface area contributed by atoms with Gasteiger partial charge >= 0.3 is 12.0 Å². The van der Waals surface area contributed by atoms with Crippen molar-refractivity contribution in [2.24, 2.45) is 5.92 Å². The van der Waals surface area contributed by atoms with E-state index in [0.29, 0.717) is 35.3 Å². The maximum atomic E-state index is 12.6. The van der Waals surface area contributed by atoms with Crippen LogP contribution in [0.4, 0.5) is 4.79 Å². The van der Waals surface area contributed by atoms with Gasteiger partial charge < -0.3 is 24.8 Å². The molecule has 0 aliphatic carbocycles. The number of benzene rings is 1. The number of esters is 1. The lowest BCUT2D eigenvalue weighted by molar-refractivity contribution is -0.139. The SMILES string of the molecule is CC1=C(C(=O)OCCC(C)C)[C@H](c2ccc3c(c2)OCO3)NC(=O)N1. The van der Waals surface area contributed by atoms with Crippen LogP contribution in [-0.2, 0) is 9.53 Å². The van der Waals surface area contributed by atoms with Gasteiger partial charge in [0.05, 0.1) is 18.2 Å². The van der Waals surface area contributed by atoms with E-state index in [4.69, 9.17) is 14.2 Å². The number of urea groups is 1. The zero-order valence-corrected chi connectivity index (χ0v) is 14.5. The number of allylic oxidation sites excluding steroid dienone is 1. The summed E-state index contributed by atoms with van der Waals surface area (Å²) in [6, 6.07) is 4.38. The van der Waals surface area contributed by atoms with Crippen LogP contribution >= 0.6 is 0 Å². The monoisotopic (exact) mass is 346 g/mol. The lowest BCUT2D eigenvalue weighted by atomic mass is 9.95. The van der Waals surface area contributed by atoms with Gasteiger partial charge in [-0.1, -0.05) is 19.9 Å². The van der Waals surface area contributed by atoms with E-state index in [1.807, 2.05) is 0 Å². The zero-order valence-electron chi connectivity index (χ0n) is 14.5. The van der Waals surface area contributed by atoms with E-state index in [1.165, 1.54) is 0 Å². The highest BCUT2D eigenvalue weighted by molar-refractivity contribution is 5.95. The third kappa shape index (κ3) is 3.70. The molecule has 0 aromatic heterocycles. The van der Waals surface area contributed by atoms with E-state index in [0.717, 1.165) is 12.0 Å². The summed E-state index contributed by atoms with van der Waals surface area (Å²) in [4.78, 5) is 24.5. The minimum atomic E-state index is -0.602. The number of nitrogens with one attached hydrogen (secondary N) is 2. The Balaban J connectivity index is 1.86. The van der Waals surface area contributed by atoms with E-state index >= 15 is 0 Å². The van der Waals surface area contributed by atoms with Crippen LogP contribution in [0.25, 0.3) is 0 Å². The molecule has 1 aromatic rings. The first-order chi connectivity index (χ1) is 12.0. The molecule has 3 rings (SSSR count). The summed E-state index contributed by atoms with van der Waals surface area (Å²) < 4.78 is 16.1. The first kappa shape index (κ1) is 17.1. The minimum absolute atomic E-state index is 0.163. The van der Waals surface area contributed by atoms with Gasteiger partial charge in [0, 0.05) is 5.70 Å². The highest BCUT2D eigenvalue weighted by Crippen LogP contribution is 2.37. The lowest BCUT2D eigenvalue weighted by Gasteiger charge is -2.28. The van der Waals surface area contributed by atoms with E-state index in [9.17, 15) is 9.59 Å². The van der Waals surface area contributed by atoms with E-state index in [-0.39, 0.29) is 12.8 Å². The molecule has 2 amide bonds. The number of fused-ring (bicyclic) bond motifs is 1. The Labute approximate surface area is 146 Å². The average Bonchev–Trinajstić information content (AvgIpc) is 3.01. The van der Waals surface area contributed by atoms with Crippen LogP contribution in [0.5, 0.6) is 11.5 Å². The summed E-state index contributed by atoms with van der Waals surface area (Å²) in [5.74, 6) is 1.24. The molecule has 2 heterocycles. The van der Waals surface area contributed by atoms with Crippen molar-refractivity contribution >= 4 is 12.0 Å². The van der Waals surface area contributed by atoms with E-state index in [2.05, 4.69) is 24.5 Å². The van der Waals surface area contributed by atoms with Gasteiger partial charge in [0.1, 0.15) is 0 Å². The molecule has 0 spiro atoms. The predicted octanol–water partition coefficient (Wildman–Crippen LogP) is 2.63. The van der Waals surface area contributed by atoms with Crippen LogP contribution in [-0.4, -0.2) is 25.4 Å². The number of ether oxygens (including phenoxy) is 3. The molecule has 0 saturated heterocycles. The molecule has 0 radical (unpaired) electrons. The molecule has 0 fully saturated rings. The molecule has 1 aromatic carbocycles. The number of hydrogen-bond donors (Lipinski definition) is 2. The summed E-state index contributed by atoms with van der Waals surface area (Å²) in [5, 5.41) is 5.41. The maximum Gasteiger partial charge on any atom is 0.338 e. The average molecular weight is 346 g/mol. The zero-order chi connectivity index (χ0) is 18.0. The molecule has 2 aliphatic rings. The second-order valence-electron chi connectivity index (χ2n) is 6.50. The fraction of sp³-hybridized carbons (Fsp3) is 0.444. The Kier molecular flexibility index (Phi) is 4.83. The van der Waals surface area contributed by atoms with Gasteiger partial charge in [-0.15, -0.1) is 0 Å². The van der Waals surface area contributed by atoms with Crippen LogP contribution in [0, 0.1) is 5.92 Å². The molecule has 0 saturated carbocycles. The Morgan fingerprint density at radius 3 is 2.84 bits per heavy atom. The Bertz CT molecular complexity index is 726. The van der Waals surface area contributed by atoms with Crippen LogP contribution in [0.15, 0.2) is 29.5 Å². The van der Waals surface area contributed by atoms with Crippen molar-refractivity contribution in [3.8, 4) is 11.5 Å². The van der Waals surface area contributed by atoms with Crippen LogP contribution < -0.4 is 20.1 Å². The molecule has 2 N–H and O–H groups in total. The van der Waals surface area contributed by atoms with Crippen LogP contribution in [0.1, 0.15) is 38.8 Å². The summed E-state index contributed by atoms with van der Waals surface area (Å²) in [6.07, 6.45) is 0.784. The first-order valence-corrected chi connectivity index (χ1v) is 8.30. The quantitative estimate of drug-likeness (QED) is 0.801. The van der Waals surface area contributed by atoms with Gasteiger partial charge in [-0.05, 0) is 37.0 Å². The minimum Gasteiger partial charge on any atom is -0.462 e. The van der Waals surface area contributed by atoms with Crippen molar-refractivity contribution < 1.29 is 23.8 Å². The van der Waals surface area contributed by atoms with E-state index < -0.39 is 12.0 Å². The first-order valence-electron chi connectivity index (χ1n) is 8.30.